The molecule has 1 aliphatic rings. The number of carbonyl (C=O) groups excluding carboxylic acids is 3. The molecule has 0 aliphatic carbocycles. The number of carbonyl (C=O) groups is 4. The van der Waals surface area contributed by atoms with E-state index >= 15 is 0 Å². The number of hydrogen-bond acceptors (Lipinski definition) is 5. The quantitative estimate of drug-likeness (QED) is 0.537. The fourth-order valence-electron chi connectivity index (χ4n) is 4.27. The average Bonchev–Trinajstić information content (AvgIpc) is 3.27. The van der Waals surface area contributed by atoms with E-state index < -0.39 is 41.6 Å². The first-order chi connectivity index (χ1) is 17.0. The van der Waals surface area contributed by atoms with E-state index in [1.807, 2.05) is 30.3 Å². The van der Waals surface area contributed by atoms with Crippen LogP contribution in [0.1, 0.15) is 55.1 Å². The van der Waals surface area contributed by atoms with E-state index in [4.69, 9.17) is 4.74 Å². The SMILES string of the molecule is Cc1cccc(NC(=O)C2CCCN2C(=O)C(Cc2ccccc2)NC(=O)OC(C)(C)C)c1C(=O)O. The van der Waals surface area contributed by atoms with E-state index in [0.717, 1.165) is 5.56 Å². The van der Waals surface area contributed by atoms with Gasteiger partial charge < -0.3 is 25.4 Å². The van der Waals surface area contributed by atoms with E-state index in [9.17, 15) is 24.3 Å². The van der Waals surface area contributed by atoms with Crippen molar-refractivity contribution >= 4 is 29.6 Å². The van der Waals surface area contributed by atoms with Gasteiger partial charge >= 0.3 is 12.1 Å². The topological polar surface area (TPSA) is 125 Å². The summed E-state index contributed by atoms with van der Waals surface area (Å²) in [6.45, 7) is 7.20. The van der Waals surface area contributed by atoms with Gasteiger partial charge in [-0.3, -0.25) is 9.59 Å². The molecule has 0 bridgehead atoms. The summed E-state index contributed by atoms with van der Waals surface area (Å²) in [5.74, 6) is -2.01. The molecule has 2 aromatic carbocycles. The van der Waals surface area contributed by atoms with Crippen molar-refractivity contribution in [3.63, 3.8) is 0 Å². The van der Waals surface area contributed by atoms with Crippen LogP contribution in [0.3, 0.4) is 0 Å². The normalized spacial score (nSPS) is 16.2. The minimum absolute atomic E-state index is 0.00951. The Balaban J connectivity index is 1.81. The molecule has 2 atom stereocenters. The predicted molar refractivity (Wildman–Crippen MR) is 135 cm³/mol. The van der Waals surface area contributed by atoms with Crippen molar-refractivity contribution in [3.05, 3.63) is 65.2 Å². The molecule has 192 valence electrons. The van der Waals surface area contributed by atoms with Gasteiger partial charge in [0.05, 0.1) is 11.3 Å². The van der Waals surface area contributed by atoms with Crippen molar-refractivity contribution in [2.75, 3.05) is 11.9 Å². The van der Waals surface area contributed by atoms with Crippen LogP contribution in [0.4, 0.5) is 10.5 Å². The maximum Gasteiger partial charge on any atom is 0.408 e. The van der Waals surface area contributed by atoms with Gasteiger partial charge in [0.1, 0.15) is 17.7 Å². The molecule has 3 amide bonds. The molecule has 0 radical (unpaired) electrons. The lowest BCUT2D eigenvalue weighted by atomic mass is 10.0. The van der Waals surface area contributed by atoms with Crippen molar-refractivity contribution in [3.8, 4) is 0 Å². The Labute approximate surface area is 210 Å². The number of hydrogen-bond donors (Lipinski definition) is 3. The molecule has 1 saturated heterocycles. The highest BCUT2D eigenvalue weighted by Gasteiger charge is 2.38. The van der Waals surface area contributed by atoms with Gasteiger partial charge in [-0.15, -0.1) is 0 Å². The van der Waals surface area contributed by atoms with Crippen molar-refractivity contribution in [1.82, 2.24) is 10.2 Å². The second-order valence-electron chi connectivity index (χ2n) is 9.87. The van der Waals surface area contributed by atoms with Crippen LogP contribution >= 0.6 is 0 Å². The number of rotatable bonds is 7. The molecule has 1 heterocycles. The number of nitrogens with one attached hydrogen (secondary N) is 2. The molecule has 0 spiro atoms. The maximum absolute atomic E-state index is 13.6. The standard InChI is InChI=1S/C27H33N3O6/c1-17-10-8-13-19(22(17)25(33)34)28-23(31)21-14-9-15-30(21)24(32)20(16-18-11-6-5-7-12-18)29-26(35)36-27(2,3)4/h5-8,10-13,20-21H,9,14-16H2,1-4H3,(H,28,31)(H,29,35)(H,33,34). The van der Waals surface area contributed by atoms with Gasteiger partial charge in [0.15, 0.2) is 0 Å². The zero-order valence-electron chi connectivity index (χ0n) is 21.0. The summed E-state index contributed by atoms with van der Waals surface area (Å²) in [4.78, 5) is 52.5. The van der Waals surface area contributed by atoms with E-state index in [0.29, 0.717) is 24.9 Å². The number of benzene rings is 2. The lowest BCUT2D eigenvalue weighted by Gasteiger charge is -2.29. The molecule has 2 unspecified atom stereocenters. The molecule has 3 N–H and O–H groups in total. The Hall–Kier alpha value is -3.88. The summed E-state index contributed by atoms with van der Waals surface area (Å²) in [7, 11) is 0. The van der Waals surface area contributed by atoms with Gasteiger partial charge in [0, 0.05) is 13.0 Å². The summed E-state index contributed by atoms with van der Waals surface area (Å²) >= 11 is 0. The highest BCUT2D eigenvalue weighted by Crippen LogP contribution is 2.24. The molecule has 2 aromatic rings. The Kier molecular flexibility index (Phi) is 8.34. The average molecular weight is 496 g/mol. The van der Waals surface area contributed by atoms with Crippen molar-refractivity contribution in [2.24, 2.45) is 0 Å². The summed E-state index contributed by atoms with van der Waals surface area (Å²) in [5.41, 5.74) is 0.813. The second-order valence-corrected chi connectivity index (χ2v) is 9.87. The fourth-order valence-corrected chi connectivity index (χ4v) is 4.27. The van der Waals surface area contributed by atoms with Crippen LogP contribution in [-0.2, 0) is 20.7 Å². The third kappa shape index (κ3) is 6.84. The van der Waals surface area contributed by atoms with Crippen molar-refractivity contribution in [1.29, 1.82) is 0 Å². The van der Waals surface area contributed by atoms with Gasteiger partial charge in [0.25, 0.3) is 0 Å². The number of nitrogens with zero attached hydrogens (tertiary/aromatic N) is 1. The Morgan fingerprint density at radius 1 is 1.08 bits per heavy atom. The van der Waals surface area contributed by atoms with E-state index in [-0.39, 0.29) is 17.7 Å². The predicted octanol–water partition coefficient (Wildman–Crippen LogP) is 3.76. The zero-order valence-corrected chi connectivity index (χ0v) is 21.0. The zero-order chi connectivity index (χ0) is 26.5. The van der Waals surface area contributed by atoms with E-state index in [1.165, 1.54) is 11.0 Å². The Morgan fingerprint density at radius 2 is 1.78 bits per heavy atom. The summed E-state index contributed by atoms with van der Waals surface area (Å²) in [6, 6.07) is 12.4. The molecule has 0 saturated carbocycles. The van der Waals surface area contributed by atoms with Crippen LogP contribution in [0, 0.1) is 6.92 Å². The van der Waals surface area contributed by atoms with Crippen molar-refractivity contribution < 1.29 is 29.0 Å². The number of carboxylic acid groups (broad SMARTS) is 1. The number of ether oxygens (including phenoxy) is 1. The van der Waals surface area contributed by atoms with Gasteiger partial charge in [0.2, 0.25) is 11.8 Å². The number of likely N-dealkylation sites (tertiary alicyclic amines) is 1. The monoisotopic (exact) mass is 495 g/mol. The van der Waals surface area contributed by atoms with Gasteiger partial charge in [-0.2, -0.15) is 0 Å². The fraction of sp³-hybridized carbons (Fsp3) is 0.407. The molecule has 3 rings (SSSR count). The number of aromatic carboxylic acids is 1. The second kappa shape index (κ2) is 11.2. The third-order valence-electron chi connectivity index (χ3n) is 5.85. The minimum Gasteiger partial charge on any atom is -0.478 e. The smallest absolute Gasteiger partial charge is 0.408 e. The van der Waals surface area contributed by atoms with E-state index in [2.05, 4.69) is 10.6 Å². The first kappa shape index (κ1) is 26.7. The number of alkyl carbamates (subject to hydrolysis) is 1. The summed E-state index contributed by atoms with van der Waals surface area (Å²) in [5, 5.41) is 14.9. The van der Waals surface area contributed by atoms with Crippen LogP contribution in [0.15, 0.2) is 48.5 Å². The lowest BCUT2D eigenvalue weighted by Crippen LogP contribution is -2.54. The van der Waals surface area contributed by atoms with Crippen LogP contribution < -0.4 is 10.6 Å². The first-order valence-corrected chi connectivity index (χ1v) is 11.9. The molecule has 1 fully saturated rings. The Morgan fingerprint density at radius 3 is 2.42 bits per heavy atom. The number of aryl methyl sites for hydroxylation is 1. The molecule has 36 heavy (non-hydrogen) atoms. The number of amides is 3. The van der Waals surface area contributed by atoms with Crippen molar-refractivity contribution in [2.45, 2.75) is 64.6 Å². The van der Waals surface area contributed by atoms with Crippen LogP contribution in [0.5, 0.6) is 0 Å². The molecular weight excluding hydrogens is 462 g/mol. The summed E-state index contributed by atoms with van der Waals surface area (Å²) < 4.78 is 5.36. The maximum atomic E-state index is 13.6. The molecule has 1 aliphatic heterocycles. The minimum atomic E-state index is -1.15. The van der Waals surface area contributed by atoms with Gasteiger partial charge in [-0.05, 0) is 57.7 Å². The Bertz CT molecular complexity index is 1130. The van der Waals surface area contributed by atoms with Crippen LogP contribution in [0.25, 0.3) is 0 Å². The van der Waals surface area contributed by atoms with E-state index in [1.54, 1.807) is 39.8 Å². The third-order valence-corrected chi connectivity index (χ3v) is 5.85. The molecule has 0 aromatic heterocycles. The first-order valence-electron chi connectivity index (χ1n) is 11.9. The van der Waals surface area contributed by atoms with Gasteiger partial charge in [-0.25, -0.2) is 9.59 Å². The lowest BCUT2D eigenvalue weighted by molar-refractivity contribution is -0.138. The highest BCUT2D eigenvalue weighted by molar-refractivity contribution is 6.04. The summed E-state index contributed by atoms with van der Waals surface area (Å²) in [6.07, 6.45) is 0.539. The number of anilines is 1. The van der Waals surface area contributed by atoms with Crippen LogP contribution in [0.2, 0.25) is 0 Å². The molecular formula is C27H33N3O6. The highest BCUT2D eigenvalue weighted by atomic mass is 16.6. The van der Waals surface area contributed by atoms with Crippen LogP contribution in [-0.4, -0.2) is 58.1 Å². The largest absolute Gasteiger partial charge is 0.478 e. The number of carboxylic acids is 1. The molecule has 9 nitrogen and oxygen atoms in total. The molecule has 9 heteroatoms. The van der Waals surface area contributed by atoms with Gasteiger partial charge in [-0.1, -0.05) is 42.5 Å².